The van der Waals surface area contributed by atoms with Gasteiger partial charge in [-0.3, -0.25) is 19.2 Å². The molecule has 2 aliphatic heterocycles. The maximum absolute atomic E-state index is 13.2. The van der Waals surface area contributed by atoms with Crippen LogP contribution in [0.1, 0.15) is 43.0 Å². The van der Waals surface area contributed by atoms with Crippen molar-refractivity contribution in [3.8, 4) is 0 Å². The zero-order valence-corrected chi connectivity index (χ0v) is 15.7. The minimum absolute atomic E-state index is 0.00688. The molecule has 1 saturated carbocycles. The van der Waals surface area contributed by atoms with E-state index in [-0.39, 0.29) is 24.3 Å². The summed E-state index contributed by atoms with van der Waals surface area (Å²) in [6.45, 7) is 0.450. The van der Waals surface area contributed by atoms with Crippen LogP contribution in [-0.4, -0.2) is 53.1 Å². The van der Waals surface area contributed by atoms with Gasteiger partial charge in [0.15, 0.2) is 5.60 Å². The SMILES string of the molecule is O=C1N2C(CC[C@H]2c2cnccn2)OC12CC(OCc1cnc3nccn3c1)C2. The van der Waals surface area contributed by atoms with Gasteiger partial charge >= 0.3 is 0 Å². The summed E-state index contributed by atoms with van der Waals surface area (Å²) in [5.41, 5.74) is 1.07. The number of hydrogen-bond donors (Lipinski definition) is 0. The van der Waals surface area contributed by atoms with Crippen LogP contribution in [0.2, 0.25) is 0 Å². The summed E-state index contributed by atoms with van der Waals surface area (Å²) in [7, 11) is 0. The molecule has 1 amide bonds. The van der Waals surface area contributed by atoms with Crippen LogP contribution in [-0.2, 0) is 20.9 Å². The maximum atomic E-state index is 13.2. The number of amides is 1. The van der Waals surface area contributed by atoms with Crippen molar-refractivity contribution >= 4 is 11.7 Å². The second-order valence-electron chi connectivity index (χ2n) is 7.94. The highest BCUT2D eigenvalue weighted by Gasteiger charge is 2.63. The van der Waals surface area contributed by atoms with Crippen LogP contribution in [0, 0.1) is 0 Å². The van der Waals surface area contributed by atoms with Gasteiger partial charge in [-0.15, -0.1) is 0 Å². The second-order valence-corrected chi connectivity index (χ2v) is 7.94. The number of fused-ring (bicyclic) bond motifs is 2. The molecule has 0 bridgehead atoms. The van der Waals surface area contributed by atoms with Gasteiger partial charge in [0.25, 0.3) is 5.91 Å². The third-order valence-corrected chi connectivity index (χ3v) is 6.14. The fourth-order valence-corrected chi connectivity index (χ4v) is 4.70. The van der Waals surface area contributed by atoms with E-state index in [1.54, 1.807) is 31.0 Å². The molecule has 6 rings (SSSR count). The molecule has 1 spiro atoms. The summed E-state index contributed by atoms with van der Waals surface area (Å²) in [4.78, 5) is 32.0. The first-order valence-corrected chi connectivity index (χ1v) is 9.88. The van der Waals surface area contributed by atoms with Crippen molar-refractivity contribution in [1.82, 2.24) is 29.2 Å². The molecule has 1 unspecified atom stereocenters. The van der Waals surface area contributed by atoms with E-state index in [4.69, 9.17) is 9.47 Å². The minimum Gasteiger partial charge on any atom is -0.373 e. The van der Waals surface area contributed by atoms with Gasteiger partial charge in [0.2, 0.25) is 5.78 Å². The molecule has 3 aromatic heterocycles. The molecule has 148 valence electrons. The van der Waals surface area contributed by atoms with Crippen LogP contribution >= 0.6 is 0 Å². The lowest BCUT2D eigenvalue weighted by Gasteiger charge is -2.42. The topological polar surface area (TPSA) is 94.7 Å². The van der Waals surface area contributed by atoms with Crippen LogP contribution in [0.4, 0.5) is 0 Å². The minimum atomic E-state index is -0.733. The average molecular weight is 392 g/mol. The first-order valence-electron chi connectivity index (χ1n) is 9.88. The van der Waals surface area contributed by atoms with Crippen LogP contribution in [0.5, 0.6) is 0 Å². The summed E-state index contributed by atoms with van der Waals surface area (Å²) in [5, 5.41) is 0. The molecule has 0 N–H and O–H groups in total. The fraction of sp³-hybridized carbons (Fsp3) is 0.450. The largest absolute Gasteiger partial charge is 0.373 e. The van der Waals surface area contributed by atoms with Crippen molar-refractivity contribution in [3.63, 3.8) is 0 Å². The molecule has 2 saturated heterocycles. The number of carbonyl (C=O) groups is 1. The van der Waals surface area contributed by atoms with Crippen molar-refractivity contribution in [3.05, 3.63) is 54.6 Å². The third kappa shape index (κ3) is 2.65. The number of carbonyl (C=O) groups excluding carboxylic acids is 1. The number of rotatable bonds is 4. The number of aromatic nitrogens is 5. The molecule has 5 heterocycles. The van der Waals surface area contributed by atoms with Crippen LogP contribution in [0.3, 0.4) is 0 Å². The van der Waals surface area contributed by atoms with Crippen molar-refractivity contribution in [2.75, 3.05) is 0 Å². The predicted octanol–water partition coefficient (Wildman–Crippen LogP) is 1.66. The summed E-state index contributed by atoms with van der Waals surface area (Å²) >= 11 is 0. The van der Waals surface area contributed by atoms with E-state index >= 15 is 0 Å². The monoisotopic (exact) mass is 392 g/mol. The van der Waals surface area contributed by atoms with E-state index in [1.807, 2.05) is 21.7 Å². The average Bonchev–Trinajstić information content (AvgIpc) is 3.41. The van der Waals surface area contributed by atoms with Gasteiger partial charge in [0.1, 0.15) is 6.23 Å². The van der Waals surface area contributed by atoms with Gasteiger partial charge in [-0.05, 0) is 12.8 Å². The van der Waals surface area contributed by atoms with E-state index in [1.165, 1.54) is 0 Å². The molecule has 3 fully saturated rings. The molecule has 0 aromatic carbocycles. The Morgan fingerprint density at radius 3 is 2.93 bits per heavy atom. The Bertz CT molecular complexity index is 1060. The molecule has 9 heteroatoms. The van der Waals surface area contributed by atoms with E-state index in [2.05, 4.69) is 19.9 Å². The van der Waals surface area contributed by atoms with Gasteiger partial charge in [-0.2, -0.15) is 0 Å². The molecule has 0 radical (unpaired) electrons. The van der Waals surface area contributed by atoms with Crippen LogP contribution < -0.4 is 0 Å². The van der Waals surface area contributed by atoms with Crippen LogP contribution in [0.25, 0.3) is 5.78 Å². The molecule has 9 nitrogen and oxygen atoms in total. The smallest absolute Gasteiger partial charge is 0.257 e. The zero-order valence-electron chi connectivity index (χ0n) is 15.7. The molecular weight excluding hydrogens is 372 g/mol. The quantitative estimate of drug-likeness (QED) is 0.666. The zero-order chi connectivity index (χ0) is 19.4. The summed E-state index contributed by atoms with van der Waals surface area (Å²) in [6, 6.07) is -0.0477. The molecule has 1 aliphatic carbocycles. The maximum Gasteiger partial charge on any atom is 0.257 e. The molecule has 2 atom stereocenters. The summed E-state index contributed by atoms with van der Waals surface area (Å²) < 4.78 is 14.1. The highest BCUT2D eigenvalue weighted by atomic mass is 16.6. The number of ether oxygens (including phenoxy) is 2. The van der Waals surface area contributed by atoms with Gasteiger partial charge in [-0.1, -0.05) is 0 Å². The van der Waals surface area contributed by atoms with E-state index < -0.39 is 5.60 Å². The van der Waals surface area contributed by atoms with Crippen molar-refractivity contribution in [2.24, 2.45) is 0 Å². The number of nitrogens with zero attached hydrogens (tertiary/aromatic N) is 6. The molecule has 3 aromatic rings. The highest BCUT2D eigenvalue weighted by molar-refractivity contribution is 5.89. The molecule has 3 aliphatic rings. The second kappa shape index (κ2) is 6.30. The lowest BCUT2D eigenvalue weighted by atomic mass is 9.76. The lowest BCUT2D eigenvalue weighted by Crippen LogP contribution is -2.54. The molecular formula is C20H20N6O3. The first kappa shape index (κ1) is 17.0. The Kier molecular flexibility index (Phi) is 3.69. The van der Waals surface area contributed by atoms with E-state index in [0.717, 1.165) is 24.1 Å². The van der Waals surface area contributed by atoms with Crippen molar-refractivity contribution < 1.29 is 14.3 Å². The summed E-state index contributed by atoms with van der Waals surface area (Å²) in [5.74, 6) is 0.733. The fourth-order valence-electron chi connectivity index (χ4n) is 4.70. The Balaban J connectivity index is 1.11. The molecule has 29 heavy (non-hydrogen) atoms. The lowest BCUT2D eigenvalue weighted by molar-refractivity contribution is -0.177. The Morgan fingerprint density at radius 2 is 2.07 bits per heavy atom. The van der Waals surface area contributed by atoms with Crippen molar-refractivity contribution in [1.29, 1.82) is 0 Å². The Labute approximate surface area is 166 Å². The predicted molar refractivity (Wildman–Crippen MR) is 99.3 cm³/mol. The first-order chi connectivity index (χ1) is 14.2. The Hall–Kier alpha value is -2.91. The van der Waals surface area contributed by atoms with Crippen LogP contribution in [0.15, 0.2) is 43.4 Å². The normalized spacial score (nSPS) is 30.8. The third-order valence-electron chi connectivity index (χ3n) is 6.14. The van der Waals surface area contributed by atoms with Crippen molar-refractivity contribution in [2.45, 2.75) is 56.3 Å². The van der Waals surface area contributed by atoms with Gasteiger partial charge in [-0.25, -0.2) is 9.97 Å². The van der Waals surface area contributed by atoms with Gasteiger partial charge in [0.05, 0.1) is 30.6 Å². The van der Waals surface area contributed by atoms with Gasteiger partial charge in [0, 0.05) is 55.6 Å². The summed E-state index contributed by atoms with van der Waals surface area (Å²) in [6.07, 6.45) is 15.1. The Morgan fingerprint density at radius 1 is 1.14 bits per heavy atom. The highest BCUT2D eigenvalue weighted by Crippen LogP contribution is 2.51. The van der Waals surface area contributed by atoms with E-state index in [0.29, 0.717) is 25.2 Å². The van der Waals surface area contributed by atoms with Gasteiger partial charge < -0.3 is 14.4 Å². The number of imidazole rings is 1. The number of hydrogen-bond acceptors (Lipinski definition) is 7. The standard InChI is InChI=1S/C20H20N6O3/c27-18-20(29-17-2-1-16(26(17)18)15-10-21-3-4-22-15)7-14(8-20)28-12-13-9-24-19-23-5-6-25(19)11-13/h3-6,9-11,14,16-17H,1-2,7-8,12H2/t14?,16-,17?,20?/m0/s1. The van der Waals surface area contributed by atoms with E-state index in [9.17, 15) is 4.79 Å².